The Morgan fingerprint density at radius 1 is 1.17 bits per heavy atom. The van der Waals surface area contributed by atoms with E-state index >= 15 is 0 Å². The van der Waals surface area contributed by atoms with Crippen LogP contribution in [0.3, 0.4) is 0 Å². The lowest BCUT2D eigenvalue weighted by atomic mass is 10.1. The summed E-state index contributed by atoms with van der Waals surface area (Å²) in [6, 6.07) is 9.59. The van der Waals surface area contributed by atoms with Crippen molar-refractivity contribution in [2.24, 2.45) is 0 Å². The van der Waals surface area contributed by atoms with Crippen LogP contribution in [-0.4, -0.2) is 16.2 Å². The van der Waals surface area contributed by atoms with E-state index < -0.39 is 17.8 Å². The van der Waals surface area contributed by atoms with Gasteiger partial charge in [-0.3, -0.25) is 5.10 Å². The highest BCUT2D eigenvalue weighted by molar-refractivity contribution is 6.00. The second kappa shape index (κ2) is 6.23. The Labute approximate surface area is 134 Å². The second-order valence-electron chi connectivity index (χ2n) is 5.14. The summed E-state index contributed by atoms with van der Waals surface area (Å²) in [5, 5.41) is 12.6. The van der Waals surface area contributed by atoms with Crippen LogP contribution in [0.15, 0.2) is 48.7 Å². The second-order valence-corrected chi connectivity index (χ2v) is 5.14. The maximum absolute atomic E-state index is 12.7. The number of carbonyl (C=O) groups is 1. The number of fused-ring (bicyclic) bond motifs is 1. The molecule has 2 aromatic carbocycles. The number of hydrogen-bond donors (Lipinski definition) is 3. The van der Waals surface area contributed by atoms with Gasteiger partial charge in [0.15, 0.2) is 0 Å². The number of halogens is 3. The van der Waals surface area contributed by atoms with Crippen LogP contribution in [0.4, 0.5) is 23.7 Å². The zero-order valence-corrected chi connectivity index (χ0v) is 12.3. The summed E-state index contributed by atoms with van der Waals surface area (Å²) in [7, 11) is 0. The van der Waals surface area contributed by atoms with Gasteiger partial charge in [0.1, 0.15) is 0 Å². The number of H-pyrrole nitrogens is 1. The minimum Gasteiger partial charge on any atom is -0.334 e. The van der Waals surface area contributed by atoms with Gasteiger partial charge in [-0.05, 0) is 29.8 Å². The zero-order valence-electron chi connectivity index (χ0n) is 12.3. The lowest BCUT2D eigenvalue weighted by molar-refractivity contribution is -0.137. The number of carbonyl (C=O) groups excluding carboxylic acids is 1. The molecular formula is C16H13F3N4O. The summed E-state index contributed by atoms with van der Waals surface area (Å²) in [6.07, 6.45) is -2.83. The van der Waals surface area contributed by atoms with Gasteiger partial charge in [-0.15, -0.1) is 0 Å². The number of aromatic amines is 1. The predicted molar refractivity (Wildman–Crippen MR) is 83.4 cm³/mol. The molecule has 0 unspecified atom stereocenters. The third-order valence-corrected chi connectivity index (χ3v) is 3.44. The maximum Gasteiger partial charge on any atom is 0.416 e. The lowest BCUT2D eigenvalue weighted by Crippen LogP contribution is -2.28. The van der Waals surface area contributed by atoms with Crippen LogP contribution in [0.2, 0.25) is 0 Å². The molecule has 0 aliphatic carbocycles. The Bertz CT molecular complexity index is 873. The molecule has 0 bridgehead atoms. The van der Waals surface area contributed by atoms with E-state index in [2.05, 4.69) is 20.8 Å². The van der Waals surface area contributed by atoms with Gasteiger partial charge in [0.25, 0.3) is 0 Å². The van der Waals surface area contributed by atoms with Crippen molar-refractivity contribution in [3.63, 3.8) is 0 Å². The van der Waals surface area contributed by atoms with E-state index in [1.807, 2.05) is 6.07 Å². The van der Waals surface area contributed by atoms with Crippen LogP contribution in [0, 0.1) is 0 Å². The Morgan fingerprint density at radius 2 is 1.96 bits per heavy atom. The first-order valence-electron chi connectivity index (χ1n) is 7.06. The van der Waals surface area contributed by atoms with Crippen LogP contribution in [-0.2, 0) is 12.7 Å². The van der Waals surface area contributed by atoms with Gasteiger partial charge < -0.3 is 10.6 Å². The number of rotatable bonds is 3. The third-order valence-electron chi connectivity index (χ3n) is 3.44. The molecule has 0 fully saturated rings. The van der Waals surface area contributed by atoms with E-state index in [1.165, 1.54) is 12.1 Å². The molecule has 124 valence electrons. The van der Waals surface area contributed by atoms with E-state index in [1.54, 1.807) is 18.3 Å². The molecule has 5 nitrogen and oxygen atoms in total. The van der Waals surface area contributed by atoms with E-state index in [4.69, 9.17) is 0 Å². The Morgan fingerprint density at radius 3 is 2.75 bits per heavy atom. The summed E-state index contributed by atoms with van der Waals surface area (Å²) in [4.78, 5) is 12.0. The molecule has 0 aliphatic heterocycles. The van der Waals surface area contributed by atoms with Crippen molar-refractivity contribution in [1.29, 1.82) is 0 Å². The highest BCUT2D eigenvalue weighted by atomic mass is 19.4. The molecule has 0 saturated heterocycles. The lowest BCUT2D eigenvalue weighted by Gasteiger charge is -2.11. The fourth-order valence-corrected chi connectivity index (χ4v) is 2.28. The first kappa shape index (κ1) is 15.9. The fourth-order valence-electron chi connectivity index (χ4n) is 2.28. The Balaban J connectivity index is 1.65. The molecule has 0 saturated carbocycles. The number of hydrogen-bond acceptors (Lipinski definition) is 2. The highest BCUT2D eigenvalue weighted by Gasteiger charge is 2.30. The topological polar surface area (TPSA) is 69.8 Å². The van der Waals surface area contributed by atoms with Crippen LogP contribution >= 0.6 is 0 Å². The molecule has 8 heteroatoms. The molecule has 0 aliphatic rings. The molecule has 3 rings (SSSR count). The number of nitrogens with zero attached hydrogens (tertiary/aromatic N) is 1. The highest BCUT2D eigenvalue weighted by Crippen LogP contribution is 2.29. The van der Waals surface area contributed by atoms with E-state index in [9.17, 15) is 18.0 Å². The average molecular weight is 334 g/mol. The molecule has 0 atom stereocenters. The van der Waals surface area contributed by atoms with E-state index in [0.29, 0.717) is 11.3 Å². The van der Waals surface area contributed by atoms with Crippen molar-refractivity contribution in [1.82, 2.24) is 15.5 Å². The summed E-state index contributed by atoms with van der Waals surface area (Å²) in [6.45, 7) is -0.0167. The smallest absolute Gasteiger partial charge is 0.334 e. The molecule has 3 aromatic rings. The summed E-state index contributed by atoms with van der Waals surface area (Å²) in [5.74, 6) is 0. The zero-order chi connectivity index (χ0) is 17.2. The minimum atomic E-state index is -4.41. The quantitative estimate of drug-likeness (QED) is 0.680. The summed E-state index contributed by atoms with van der Waals surface area (Å²) in [5.41, 5.74) is 0.945. The fraction of sp³-hybridized carbons (Fsp3) is 0.125. The van der Waals surface area contributed by atoms with Gasteiger partial charge in [-0.25, -0.2) is 4.79 Å². The van der Waals surface area contributed by atoms with Crippen LogP contribution in [0.25, 0.3) is 10.9 Å². The number of nitrogens with one attached hydrogen (secondary N) is 3. The monoisotopic (exact) mass is 334 g/mol. The van der Waals surface area contributed by atoms with Crippen LogP contribution in [0.1, 0.15) is 11.1 Å². The molecule has 1 aromatic heterocycles. The van der Waals surface area contributed by atoms with Gasteiger partial charge in [-0.1, -0.05) is 18.2 Å². The third kappa shape index (κ3) is 3.48. The van der Waals surface area contributed by atoms with Crippen molar-refractivity contribution in [2.75, 3.05) is 5.32 Å². The van der Waals surface area contributed by atoms with Crippen LogP contribution < -0.4 is 10.6 Å². The van der Waals surface area contributed by atoms with E-state index in [0.717, 1.165) is 23.0 Å². The molecular weight excluding hydrogens is 321 g/mol. The Hall–Kier alpha value is -3.03. The molecule has 24 heavy (non-hydrogen) atoms. The first-order chi connectivity index (χ1) is 11.4. The van der Waals surface area contributed by atoms with Gasteiger partial charge >= 0.3 is 12.2 Å². The molecule has 0 radical (unpaired) electrons. The van der Waals surface area contributed by atoms with Crippen molar-refractivity contribution in [2.45, 2.75) is 12.7 Å². The van der Waals surface area contributed by atoms with Crippen molar-refractivity contribution in [3.8, 4) is 0 Å². The van der Waals surface area contributed by atoms with Gasteiger partial charge in [0.05, 0.1) is 23.0 Å². The SMILES string of the molecule is O=C(NCc1cccc(C(F)(F)F)c1)Nc1cccc2[nH]ncc12. The average Bonchev–Trinajstić information content (AvgIpc) is 3.02. The predicted octanol–water partition coefficient (Wildman–Crippen LogP) is 3.90. The number of urea groups is 1. The van der Waals surface area contributed by atoms with Crippen molar-refractivity contribution < 1.29 is 18.0 Å². The molecule has 3 N–H and O–H groups in total. The minimum absolute atomic E-state index is 0.0167. The molecule has 2 amide bonds. The number of alkyl halides is 3. The standard InChI is InChI=1S/C16H13F3N4O/c17-16(18,19)11-4-1-3-10(7-11)8-20-15(24)22-13-5-2-6-14-12(13)9-21-23-14/h1-7,9H,8H2,(H,21,23)(H2,20,22,24). The first-order valence-corrected chi connectivity index (χ1v) is 7.06. The van der Waals surface area contributed by atoms with Crippen molar-refractivity contribution in [3.05, 3.63) is 59.8 Å². The number of aromatic nitrogens is 2. The van der Waals surface area contributed by atoms with Gasteiger partial charge in [0, 0.05) is 11.9 Å². The largest absolute Gasteiger partial charge is 0.416 e. The maximum atomic E-state index is 12.7. The molecule has 1 heterocycles. The number of benzene rings is 2. The molecule has 0 spiro atoms. The van der Waals surface area contributed by atoms with Crippen molar-refractivity contribution >= 4 is 22.6 Å². The normalized spacial score (nSPS) is 11.5. The van der Waals surface area contributed by atoms with E-state index in [-0.39, 0.29) is 6.54 Å². The number of amides is 2. The van der Waals surface area contributed by atoms with Gasteiger partial charge in [-0.2, -0.15) is 18.3 Å². The summed E-state index contributed by atoms with van der Waals surface area (Å²) >= 11 is 0. The Kier molecular flexibility index (Phi) is 4.11. The van der Waals surface area contributed by atoms with Crippen LogP contribution in [0.5, 0.6) is 0 Å². The van der Waals surface area contributed by atoms with Gasteiger partial charge in [0.2, 0.25) is 0 Å². The number of anilines is 1. The summed E-state index contributed by atoms with van der Waals surface area (Å²) < 4.78 is 38.0.